The molecule has 0 aromatic heterocycles. The Hall–Kier alpha value is -1.27. The number of esters is 1. The maximum absolute atomic E-state index is 12.5. The smallest absolute Gasteiger partial charge is 0.404 e. The lowest BCUT2D eigenvalue weighted by molar-refractivity contribution is -0.230. The lowest BCUT2D eigenvalue weighted by atomic mass is 9.87. The van der Waals surface area contributed by atoms with E-state index in [1.807, 2.05) is 0 Å². The van der Waals surface area contributed by atoms with Gasteiger partial charge >= 0.3 is 18.1 Å². The molecule has 0 aliphatic carbocycles. The normalized spacial score (nSPS) is 15.3. The molecule has 1 atom stereocenters. The molecule has 0 amide bonds. The monoisotopic (exact) mass is 242 g/mol. The van der Waals surface area contributed by atoms with Gasteiger partial charge in [0, 0.05) is 0 Å². The van der Waals surface area contributed by atoms with Crippen molar-refractivity contribution in [2.24, 2.45) is 5.41 Å². The maximum Gasteiger partial charge on any atom is 0.404 e. The molecule has 1 unspecified atom stereocenters. The molecule has 0 aliphatic rings. The van der Waals surface area contributed by atoms with Crippen molar-refractivity contribution in [3.8, 4) is 0 Å². The minimum atomic E-state index is -4.71. The summed E-state index contributed by atoms with van der Waals surface area (Å²) in [5, 5.41) is 8.23. The van der Waals surface area contributed by atoms with Gasteiger partial charge in [0.2, 0.25) is 0 Å². The quantitative estimate of drug-likeness (QED) is 0.749. The number of rotatable bonds is 5. The van der Waals surface area contributed by atoms with E-state index in [1.54, 1.807) is 0 Å². The maximum atomic E-state index is 12.5. The average molecular weight is 242 g/mol. The molecule has 0 aliphatic heterocycles. The molecule has 0 bridgehead atoms. The standard InChI is InChI=1S/C9H13F3O4/c1-3-8(2,9(10,11)12)7(15)16-5-4-6(13)14/h3-5H2,1-2H3,(H,13,14). The molecule has 16 heavy (non-hydrogen) atoms. The molecule has 0 saturated heterocycles. The van der Waals surface area contributed by atoms with E-state index < -0.39 is 43.0 Å². The lowest BCUT2D eigenvalue weighted by Crippen LogP contribution is -2.43. The number of carboxylic acid groups (broad SMARTS) is 1. The van der Waals surface area contributed by atoms with Gasteiger partial charge in [0.25, 0.3) is 0 Å². The Morgan fingerprint density at radius 3 is 2.12 bits per heavy atom. The van der Waals surface area contributed by atoms with Crippen molar-refractivity contribution >= 4 is 11.9 Å². The first kappa shape index (κ1) is 14.7. The zero-order valence-corrected chi connectivity index (χ0v) is 8.93. The molecule has 7 heteroatoms. The molecule has 0 rings (SSSR count). The van der Waals surface area contributed by atoms with Crippen LogP contribution >= 0.6 is 0 Å². The summed E-state index contributed by atoms with van der Waals surface area (Å²) in [6, 6.07) is 0. The topological polar surface area (TPSA) is 63.6 Å². The largest absolute Gasteiger partial charge is 0.481 e. The summed E-state index contributed by atoms with van der Waals surface area (Å²) >= 11 is 0. The summed E-state index contributed by atoms with van der Waals surface area (Å²) in [5.74, 6) is -2.68. The third kappa shape index (κ3) is 3.39. The molecule has 94 valence electrons. The molecule has 1 N–H and O–H groups in total. The van der Waals surface area contributed by atoms with Gasteiger partial charge in [-0.1, -0.05) is 6.92 Å². The van der Waals surface area contributed by atoms with Crippen molar-refractivity contribution in [2.45, 2.75) is 32.9 Å². The predicted molar refractivity (Wildman–Crippen MR) is 47.7 cm³/mol. The highest BCUT2D eigenvalue weighted by atomic mass is 19.4. The Labute approximate surface area is 90.4 Å². The van der Waals surface area contributed by atoms with E-state index in [2.05, 4.69) is 4.74 Å². The molecule has 0 spiro atoms. The first-order chi connectivity index (χ1) is 7.15. The highest BCUT2D eigenvalue weighted by molar-refractivity contribution is 5.77. The van der Waals surface area contributed by atoms with E-state index in [4.69, 9.17) is 5.11 Å². The summed E-state index contributed by atoms with van der Waals surface area (Å²) in [7, 11) is 0. The molecule has 0 heterocycles. The number of aliphatic carboxylic acids is 1. The zero-order chi connectivity index (χ0) is 13.0. The van der Waals surface area contributed by atoms with Crippen molar-refractivity contribution < 1.29 is 32.6 Å². The number of halogens is 3. The van der Waals surface area contributed by atoms with Crippen LogP contribution in [0.3, 0.4) is 0 Å². The summed E-state index contributed by atoms with van der Waals surface area (Å²) < 4.78 is 41.9. The van der Waals surface area contributed by atoms with Crippen molar-refractivity contribution in [1.29, 1.82) is 0 Å². The fraction of sp³-hybridized carbons (Fsp3) is 0.778. The fourth-order valence-corrected chi connectivity index (χ4v) is 0.851. The Morgan fingerprint density at radius 1 is 1.31 bits per heavy atom. The van der Waals surface area contributed by atoms with Crippen molar-refractivity contribution in [3.05, 3.63) is 0 Å². The number of hydrogen-bond donors (Lipinski definition) is 1. The third-order valence-corrected chi connectivity index (χ3v) is 2.33. The summed E-state index contributed by atoms with van der Waals surface area (Å²) in [6.45, 7) is 1.39. The van der Waals surface area contributed by atoms with Crippen LogP contribution in [0.2, 0.25) is 0 Å². The van der Waals surface area contributed by atoms with E-state index in [9.17, 15) is 22.8 Å². The van der Waals surface area contributed by atoms with E-state index in [-0.39, 0.29) is 0 Å². The van der Waals surface area contributed by atoms with Gasteiger partial charge in [-0.2, -0.15) is 13.2 Å². The number of carbonyl (C=O) groups excluding carboxylic acids is 1. The van der Waals surface area contributed by atoms with Crippen LogP contribution < -0.4 is 0 Å². The fourth-order valence-electron chi connectivity index (χ4n) is 0.851. The molecule has 0 radical (unpaired) electrons. The predicted octanol–water partition coefficient (Wildman–Crippen LogP) is 1.98. The Bertz CT molecular complexity index is 274. The summed E-state index contributed by atoms with van der Waals surface area (Å²) in [5.41, 5.74) is -2.58. The lowest BCUT2D eigenvalue weighted by Gasteiger charge is -2.28. The van der Waals surface area contributed by atoms with Gasteiger partial charge < -0.3 is 9.84 Å². The molecule has 0 saturated carbocycles. The van der Waals surface area contributed by atoms with Crippen LogP contribution in [-0.4, -0.2) is 29.8 Å². The van der Waals surface area contributed by atoms with Gasteiger partial charge in [-0.05, 0) is 13.3 Å². The molecule has 4 nitrogen and oxygen atoms in total. The van der Waals surface area contributed by atoms with Crippen molar-refractivity contribution in [3.63, 3.8) is 0 Å². The van der Waals surface area contributed by atoms with Crippen molar-refractivity contribution in [2.75, 3.05) is 6.61 Å². The Morgan fingerprint density at radius 2 is 1.81 bits per heavy atom. The van der Waals surface area contributed by atoms with Crippen LogP contribution in [0.4, 0.5) is 13.2 Å². The van der Waals surface area contributed by atoms with Crippen LogP contribution in [-0.2, 0) is 14.3 Å². The second kappa shape index (κ2) is 5.18. The third-order valence-electron chi connectivity index (χ3n) is 2.33. The summed E-state index contributed by atoms with van der Waals surface area (Å²) in [4.78, 5) is 21.3. The van der Waals surface area contributed by atoms with Crippen molar-refractivity contribution in [1.82, 2.24) is 0 Å². The van der Waals surface area contributed by atoms with Crippen LogP contribution in [0.5, 0.6) is 0 Å². The van der Waals surface area contributed by atoms with Gasteiger partial charge in [0.05, 0.1) is 6.42 Å². The van der Waals surface area contributed by atoms with Gasteiger partial charge in [-0.25, -0.2) is 0 Å². The van der Waals surface area contributed by atoms with E-state index >= 15 is 0 Å². The minimum Gasteiger partial charge on any atom is -0.481 e. The Kier molecular flexibility index (Phi) is 4.77. The van der Waals surface area contributed by atoms with Crippen LogP contribution in [0.25, 0.3) is 0 Å². The van der Waals surface area contributed by atoms with E-state index in [1.165, 1.54) is 6.92 Å². The average Bonchev–Trinajstić information content (AvgIpc) is 2.13. The van der Waals surface area contributed by atoms with Crippen LogP contribution in [0.15, 0.2) is 0 Å². The Balaban J connectivity index is 4.49. The minimum absolute atomic E-state index is 0.456. The number of carbonyl (C=O) groups is 2. The highest BCUT2D eigenvalue weighted by Crippen LogP contribution is 2.41. The van der Waals surface area contributed by atoms with E-state index in [0.717, 1.165) is 6.92 Å². The highest BCUT2D eigenvalue weighted by Gasteiger charge is 2.56. The number of carboxylic acids is 1. The second-order valence-corrected chi connectivity index (χ2v) is 3.46. The summed E-state index contributed by atoms with van der Waals surface area (Å²) in [6.07, 6.45) is -5.67. The molecule has 0 fully saturated rings. The second-order valence-electron chi connectivity index (χ2n) is 3.46. The molecule has 0 aromatic carbocycles. The van der Waals surface area contributed by atoms with Crippen LogP contribution in [0, 0.1) is 5.41 Å². The molecular weight excluding hydrogens is 229 g/mol. The van der Waals surface area contributed by atoms with Crippen LogP contribution in [0.1, 0.15) is 26.7 Å². The molecular formula is C9H13F3O4. The SMILES string of the molecule is CCC(C)(C(=O)OCCC(=O)O)C(F)(F)F. The van der Waals surface area contributed by atoms with Gasteiger partial charge in [0.1, 0.15) is 6.61 Å². The zero-order valence-electron chi connectivity index (χ0n) is 8.93. The van der Waals surface area contributed by atoms with Gasteiger partial charge in [-0.3, -0.25) is 9.59 Å². The number of ether oxygens (including phenoxy) is 1. The van der Waals surface area contributed by atoms with E-state index in [0.29, 0.717) is 0 Å². The molecule has 0 aromatic rings. The number of alkyl halides is 3. The van der Waals surface area contributed by atoms with Gasteiger partial charge in [0.15, 0.2) is 5.41 Å². The number of hydrogen-bond acceptors (Lipinski definition) is 3. The first-order valence-electron chi connectivity index (χ1n) is 4.61. The first-order valence-corrected chi connectivity index (χ1v) is 4.61. The van der Waals surface area contributed by atoms with Gasteiger partial charge in [-0.15, -0.1) is 0 Å².